The average Bonchev–Trinajstić information content (AvgIpc) is 2.95. The number of fused-ring (bicyclic) bond motifs is 1. The van der Waals surface area contributed by atoms with Gasteiger partial charge < -0.3 is 5.32 Å². The maximum absolute atomic E-state index is 13.1. The molecular formula is C20H15BrCl4N2O3. The zero-order valence-electron chi connectivity index (χ0n) is 15.7. The minimum absolute atomic E-state index is 0.00750. The maximum atomic E-state index is 13.1. The third kappa shape index (κ3) is 4.21. The van der Waals surface area contributed by atoms with Crippen molar-refractivity contribution in [1.29, 1.82) is 0 Å². The molecule has 10 heteroatoms. The molecule has 1 N–H and O–H groups in total. The summed E-state index contributed by atoms with van der Waals surface area (Å²) in [6, 6.07) is 5.84. The molecule has 0 radical (unpaired) electrons. The lowest BCUT2D eigenvalue weighted by Crippen LogP contribution is -2.48. The Morgan fingerprint density at radius 3 is 1.83 bits per heavy atom. The van der Waals surface area contributed by atoms with Crippen LogP contribution < -0.4 is 5.32 Å². The molecule has 3 rings (SSSR count). The van der Waals surface area contributed by atoms with Crippen molar-refractivity contribution in [2.24, 2.45) is 5.92 Å². The predicted octanol–water partition coefficient (Wildman–Crippen LogP) is 6.71. The van der Waals surface area contributed by atoms with Gasteiger partial charge in [0.1, 0.15) is 6.04 Å². The summed E-state index contributed by atoms with van der Waals surface area (Å²) in [5.74, 6) is -1.98. The lowest BCUT2D eigenvalue weighted by Gasteiger charge is -2.26. The van der Waals surface area contributed by atoms with Crippen LogP contribution >= 0.6 is 62.3 Å². The fourth-order valence-electron chi connectivity index (χ4n) is 3.18. The van der Waals surface area contributed by atoms with E-state index in [1.807, 2.05) is 13.8 Å². The molecule has 2 aromatic rings. The fraction of sp³-hybridized carbons (Fsp3) is 0.250. The first kappa shape index (κ1) is 23.4. The van der Waals surface area contributed by atoms with Crippen LogP contribution in [0.25, 0.3) is 0 Å². The minimum atomic E-state index is -1.08. The number of anilines is 1. The number of carbonyl (C=O) groups excluding carboxylic acids is 3. The molecule has 0 saturated carbocycles. The van der Waals surface area contributed by atoms with Crippen LogP contribution in [-0.4, -0.2) is 28.7 Å². The van der Waals surface area contributed by atoms with Crippen molar-refractivity contribution in [3.63, 3.8) is 0 Å². The number of nitrogens with one attached hydrogen (secondary N) is 1. The number of carbonyl (C=O) groups is 3. The van der Waals surface area contributed by atoms with Crippen LogP contribution in [0.15, 0.2) is 28.7 Å². The van der Waals surface area contributed by atoms with E-state index in [0.29, 0.717) is 5.69 Å². The van der Waals surface area contributed by atoms with Gasteiger partial charge >= 0.3 is 0 Å². The van der Waals surface area contributed by atoms with Crippen molar-refractivity contribution >= 4 is 85.7 Å². The molecule has 0 fully saturated rings. The highest BCUT2D eigenvalue weighted by atomic mass is 79.9. The number of hydrogen-bond donors (Lipinski definition) is 1. The Hall–Kier alpha value is -1.31. The summed E-state index contributed by atoms with van der Waals surface area (Å²) >= 11 is 27.8. The lowest BCUT2D eigenvalue weighted by atomic mass is 10.0. The summed E-state index contributed by atoms with van der Waals surface area (Å²) in [5, 5.41) is 2.17. The van der Waals surface area contributed by atoms with Gasteiger partial charge in [0.15, 0.2) is 0 Å². The van der Waals surface area contributed by atoms with Crippen molar-refractivity contribution in [3.05, 3.63) is 60.0 Å². The molecule has 0 aromatic heterocycles. The largest absolute Gasteiger partial charge is 0.324 e. The Morgan fingerprint density at radius 1 is 0.933 bits per heavy atom. The molecule has 0 spiro atoms. The Labute approximate surface area is 201 Å². The van der Waals surface area contributed by atoms with Gasteiger partial charge in [-0.25, -0.2) is 0 Å². The Kier molecular flexibility index (Phi) is 7.04. The highest BCUT2D eigenvalue weighted by Crippen LogP contribution is 2.45. The highest BCUT2D eigenvalue weighted by molar-refractivity contribution is 9.10. The van der Waals surface area contributed by atoms with Gasteiger partial charge in [-0.15, -0.1) is 0 Å². The Bertz CT molecular complexity index is 1010. The molecule has 0 unspecified atom stereocenters. The molecule has 1 aliphatic heterocycles. The summed E-state index contributed by atoms with van der Waals surface area (Å²) in [5.41, 5.74) is 0.230. The number of rotatable bonds is 5. The van der Waals surface area contributed by atoms with Gasteiger partial charge in [-0.3, -0.25) is 19.3 Å². The van der Waals surface area contributed by atoms with Gasteiger partial charge in [-0.2, -0.15) is 0 Å². The van der Waals surface area contributed by atoms with Crippen molar-refractivity contribution in [2.75, 3.05) is 5.32 Å². The van der Waals surface area contributed by atoms with E-state index in [-0.39, 0.29) is 43.6 Å². The van der Waals surface area contributed by atoms with E-state index in [0.717, 1.165) is 9.37 Å². The second kappa shape index (κ2) is 9.05. The monoisotopic (exact) mass is 550 g/mol. The molecule has 0 saturated heterocycles. The third-order valence-electron chi connectivity index (χ3n) is 4.55. The van der Waals surface area contributed by atoms with Crippen LogP contribution in [0, 0.1) is 5.92 Å². The van der Waals surface area contributed by atoms with Gasteiger partial charge in [0, 0.05) is 10.2 Å². The van der Waals surface area contributed by atoms with E-state index in [1.54, 1.807) is 24.3 Å². The van der Waals surface area contributed by atoms with Crippen LogP contribution in [0.5, 0.6) is 0 Å². The Balaban J connectivity index is 2.02. The molecule has 158 valence electrons. The van der Waals surface area contributed by atoms with Crippen molar-refractivity contribution in [3.8, 4) is 0 Å². The van der Waals surface area contributed by atoms with Gasteiger partial charge in [0.05, 0.1) is 31.2 Å². The molecule has 1 atom stereocenters. The number of benzene rings is 2. The zero-order chi connectivity index (χ0) is 22.3. The van der Waals surface area contributed by atoms with E-state index < -0.39 is 23.8 Å². The molecule has 30 heavy (non-hydrogen) atoms. The van der Waals surface area contributed by atoms with Crippen molar-refractivity contribution in [1.82, 2.24) is 4.90 Å². The fourth-order valence-corrected chi connectivity index (χ4v) is 4.46. The second-order valence-electron chi connectivity index (χ2n) is 7.13. The van der Waals surface area contributed by atoms with Crippen LogP contribution in [0.1, 0.15) is 41.0 Å². The number of amides is 3. The van der Waals surface area contributed by atoms with Crippen molar-refractivity contribution < 1.29 is 14.4 Å². The topological polar surface area (TPSA) is 66.5 Å². The van der Waals surface area contributed by atoms with E-state index in [1.165, 1.54) is 0 Å². The Morgan fingerprint density at radius 2 is 1.40 bits per heavy atom. The first-order chi connectivity index (χ1) is 14.0. The van der Waals surface area contributed by atoms with E-state index in [4.69, 9.17) is 46.4 Å². The molecule has 1 heterocycles. The standard InChI is InChI=1S/C20H15BrCl4N2O3/c1-8(2)7-11(18(28)26-10-5-3-9(21)4-6-10)27-19(29)12-13(20(27)30)15(23)17(25)16(24)14(12)22/h3-6,8,11H,7H2,1-2H3,(H,26,28)/t11-/m0/s1. The first-order valence-electron chi connectivity index (χ1n) is 8.84. The van der Waals surface area contributed by atoms with E-state index >= 15 is 0 Å². The van der Waals surface area contributed by atoms with Crippen LogP contribution in [0.3, 0.4) is 0 Å². The summed E-state index contributed by atoms with van der Waals surface area (Å²) in [6.45, 7) is 3.76. The zero-order valence-corrected chi connectivity index (χ0v) is 20.3. The van der Waals surface area contributed by atoms with Crippen LogP contribution in [-0.2, 0) is 4.79 Å². The van der Waals surface area contributed by atoms with Gasteiger partial charge in [-0.1, -0.05) is 76.2 Å². The van der Waals surface area contributed by atoms with Gasteiger partial charge in [0.25, 0.3) is 11.8 Å². The summed E-state index contributed by atoms with van der Waals surface area (Å²) in [6.07, 6.45) is 0.241. The molecule has 5 nitrogen and oxygen atoms in total. The van der Waals surface area contributed by atoms with Gasteiger partial charge in [0.2, 0.25) is 5.91 Å². The number of halogens is 5. The van der Waals surface area contributed by atoms with Crippen LogP contribution in [0.4, 0.5) is 5.69 Å². The molecule has 1 aliphatic rings. The molecule has 0 aliphatic carbocycles. The van der Waals surface area contributed by atoms with E-state index in [9.17, 15) is 14.4 Å². The summed E-state index contributed by atoms with van der Waals surface area (Å²) in [7, 11) is 0. The normalized spacial score (nSPS) is 14.3. The summed E-state index contributed by atoms with van der Waals surface area (Å²) < 4.78 is 0.845. The van der Waals surface area contributed by atoms with Crippen molar-refractivity contribution in [2.45, 2.75) is 26.3 Å². The molecule has 2 aromatic carbocycles. The number of imide groups is 1. The smallest absolute Gasteiger partial charge is 0.263 e. The quantitative estimate of drug-likeness (QED) is 0.255. The molecular weight excluding hydrogens is 538 g/mol. The predicted molar refractivity (Wildman–Crippen MR) is 123 cm³/mol. The number of nitrogens with zero attached hydrogens (tertiary/aromatic N) is 1. The van der Waals surface area contributed by atoms with Crippen LogP contribution in [0.2, 0.25) is 20.1 Å². The first-order valence-corrected chi connectivity index (χ1v) is 11.1. The summed E-state index contributed by atoms with van der Waals surface area (Å²) in [4.78, 5) is 40.2. The lowest BCUT2D eigenvalue weighted by molar-refractivity contribution is -0.120. The third-order valence-corrected chi connectivity index (χ3v) is 6.88. The van der Waals surface area contributed by atoms with E-state index in [2.05, 4.69) is 21.2 Å². The maximum Gasteiger partial charge on any atom is 0.263 e. The average molecular weight is 553 g/mol. The molecule has 3 amide bonds. The highest BCUT2D eigenvalue weighted by Gasteiger charge is 2.46. The molecule has 0 bridgehead atoms. The second-order valence-corrected chi connectivity index (χ2v) is 9.56. The SMILES string of the molecule is CC(C)C[C@@H](C(=O)Nc1ccc(Br)cc1)N1C(=O)c2c(Cl)c(Cl)c(Cl)c(Cl)c2C1=O. The number of hydrogen-bond acceptors (Lipinski definition) is 3. The van der Waals surface area contributed by atoms with Gasteiger partial charge in [-0.05, 0) is 36.6 Å². The minimum Gasteiger partial charge on any atom is -0.324 e.